The van der Waals surface area contributed by atoms with E-state index in [0.29, 0.717) is 32.2 Å². The lowest BCUT2D eigenvalue weighted by Gasteiger charge is -2.23. The molecule has 0 aliphatic carbocycles. The third-order valence-electron chi connectivity index (χ3n) is 2.23. The van der Waals surface area contributed by atoms with Crippen molar-refractivity contribution in [3.05, 3.63) is 5.82 Å². The molecule has 0 aromatic carbocycles. The van der Waals surface area contributed by atoms with Crippen LogP contribution in [-0.4, -0.2) is 46.1 Å². The molecule has 15 heavy (non-hydrogen) atoms. The smallest absolute Gasteiger partial charge is 0.167 e. The first-order chi connectivity index (χ1) is 7.27. The van der Waals surface area contributed by atoms with Gasteiger partial charge in [-0.15, -0.1) is 5.10 Å². The molecule has 1 aromatic heterocycles. The zero-order chi connectivity index (χ0) is 10.7. The summed E-state index contributed by atoms with van der Waals surface area (Å²) >= 11 is 0. The topological polar surface area (TPSA) is 88.1 Å². The molecule has 0 amide bonds. The van der Waals surface area contributed by atoms with Crippen LogP contribution in [0.4, 0.5) is 0 Å². The molecule has 1 aromatic rings. The van der Waals surface area contributed by atoms with Crippen LogP contribution in [0, 0.1) is 0 Å². The highest BCUT2D eigenvalue weighted by molar-refractivity contribution is 4.88. The standard InChI is InChI=1S/C8H15N5O2/c1-6(9)8-10-11-12-13(8)4-7-5-14-2-3-15-7/h6-7H,2-5,9H2,1H3. The molecule has 0 spiro atoms. The van der Waals surface area contributed by atoms with Crippen molar-refractivity contribution in [3.8, 4) is 0 Å². The summed E-state index contributed by atoms with van der Waals surface area (Å²) < 4.78 is 12.5. The van der Waals surface area contributed by atoms with Gasteiger partial charge in [-0.05, 0) is 17.4 Å². The maximum atomic E-state index is 5.73. The van der Waals surface area contributed by atoms with Crippen LogP contribution in [-0.2, 0) is 16.0 Å². The Kier molecular flexibility index (Phi) is 3.24. The SMILES string of the molecule is CC(N)c1nnnn1CC1COCCO1. The molecule has 0 bridgehead atoms. The second-order valence-electron chi connectivity index (χ2n) is 3.58. The third-order valence-corrected chi connectivity index (χ3v) is 2.23. The third kappa shape index (κ3) is 2.49. The summed E-state index contributed by atoms with van der Waals surface area (Å²) in [6, 6.07) is -0.176. The second kappa shape index (κ2) is 4.65. The van der Waals surface area contributed by atoms with Gasteiger partial charge in [0.25, 0.3) is 0 Å². The predicted octanol–water partition coefficient (Wildman–Crippen LogP) is -0.892. The number of hydrogen-bond donors (Lipinski definition) is 1. The van der Waals surface area contributed by atoms with Crippen molar-refractivity contribution in [1.29, 1.82) is 0 Å². The van der Waals surface area contributed by atoms with Crippen molar-refractivity contribution in [2.24, 2.45) is 5.73 Å². The van der Waals surface area contributed by atoms with Gasteiger partial charge in [0.1, 0.15) is 6.10 Å². The van der Waals surface area contributed by atoms with Crippen LogP contribution in [0.1, 0.15) is 18.8 Å². The van der Waals surface area contributed by atoms with Crippen LogP contribution < -0.4 is 5.73 Å². The van der Waals surface area contributed by atoms with E-state index in [1.807, 2.05) is 6.92 Å². The van der Waals surface area contributed by atoms with Crippen LogP contribution in [0.5, 0.6) is 0 Å². The van der Waals surface area contributed by atoms with Gasteiger partial charge in [-0.2, -0.15) is 0 Å². The van der Waals surface area contributed by atoms with E-state index in [1.54, 1.807) is 4.68 Å². The lowest BCUT2D eigenvalue weighted by Crippen LogP contribution is -2.33. The Hall–Kier alpha value is -1.05. The summed E-state index contributed by atoms with van der Waals surface area (Å²) in [4.78, 5) is 0. The van der Waals surface area contributed by atoms with Crippen LogP contribution in [0.25, 0.3) is 0 Å². The molecule has 1 aliphatic heterocycles. The Balaban J connectivity index is 1.99. The number of nitrogens with zero attached hydrogens (tertiary/aromatic N) is 4. The van der Waals surface area contributed by atoms with Crippen molar-refractivity contribution in [2.45, 2.75) is 25.6 Å². The molecule has 1 saturated heterocycles. The average molecular weight is 213 g/mol. The van der Waals surface area contributed by atoms with Gasteiger partial charge < -0.3 is 15.2 Å². The van der Waals surface area contributed by atoms with E-state index >= 15 is 0 Å². The van der Waals surface area contributed by atoms with Crippen LogP contribution in [0.3, 0.4) is 0 Å². The largest absolute Gasteiger partial charge is 0.376 e. The Morgan fingerprint density at radius 2 is 2.47 bits per heavy atom. The number of ether oxygens (including phenoxy) is 2. The maximum absolute atomic E-state index is 5.73. The molecule has 7 nitrogen and oxygen atoms in total. The molecule has 2 unspecified atom stereocenters. The fourth-order valence-corrected chi connectivity index (χ4v) is 1.50. The molecular weight excluding hydrogens is 198 g/mol. The van der Waals surface area contributed by atoms with Gasteiger partial charge in [0, 0.05) is 0 Å². The summed E-state index contributed by atoms with van der Waals surface area (Å²) in [5.74, 6) is 0.671. The normalized spacial score (nSPS) is 24.0. The lowest BCUT2D eigenvalue weighted by atomic mass is 10.3. The maximum Gasteiger partial charge on any atom is 0.167 e. The molecule has 2 heterocycles. The Morgan fingerprint density at radius 1 is 1.60 bits per heavy atom. The molecule has 2 atom stereocenters. The fourth-order valence-electron chi connectivity index (χ4n) is 1.50. The molecule has 2 rings (SSSR count). The van der Waals surface area contributed by atoms with Crippen LogP contribution in [0.2, 0.25) is 0 Å². The number of hydrogen-bond acceptors (Lipinski definition) is 6. The van der Waals surface area contributed by atoms with Crippen LogP contribution in [0.15, 0.2) is 0 Å². The van der Waals surface area contributed by atoms with Gasteiger partial charge in [0.2, 0.25) is 0 Å². The van der Waals surface area contributed by atoms with E-state index in [4.69, 9.17) is 15.2 Å². The second-order valence-corrected chi connectivity index (χ2v) is 3.58. The molecule has 84 valence electrons. The molecule has 1 fully saturated rings. The minimum absolute atomic E-state index is 0.0137. The highest BCUT2D eigenvalue weighted by atomic mass is 16.6. The Bertz CT molecular complexity index is 308. The van der Waals surface area contributed by atoms with Gasteiger partial charge in [-0.3, -0.25) is 0 Å². The molecule has 2 N–H and O–H groups in total. The summed E-state index contributed by atoms with van der Waals surface area (Å²) in [6.07, 6.45) is 0.0137. The quantitative estimate of drug-likeness (QED) is 0.700. The summed E-state index contributed by atoms with van der Waals surface area (Å²) in [7, 11) is 0. The number of tetrazole rings is 1. The zero-order valence-electron chi connectivity index (χ0n) is 8.67. The van der Waals surface area contributed by atoms with Crippen LogP contribution >= 0.6 is 0 Å². The van der Waals surface area contributed by atoms with E-state index in [2.05, 4.69) is 15.5 Å². The zero-order valence-corrected chi connectivity index (χ0v) is 8.67. The molecule has 1 aliphatic rings. The Morgan fingerprint density at radius 3 is 3.13 bits per heavy atom. The van der Waals surface area contributed by atoms with Gasteiger partial charge in [-0.25, -0.2) is 4.68 Å². The minimum atomic E-state index is -0.176. The van der Waals surface area contributed by atoms with Gasteiger partial charge in [0.15, 0.2) is 5.82 Å². The lowest BCUT2D eigenvalue weighted by molar-refractivity contribution is -0.0950. The fraction of sp³-hybridized carbons (Fsp3) is 0.875. The molecule has 0 saturated carbocycles. The molecular formula is C8H15N5O2. The first kappa shape index (κ1) is 10.5. The van der Waals surface area contributed by atoms with Crippen molar-refractivity contribution in [3.63, 3.8) is 0 Å². The minimum Gasteiger partial charge on any atom is -0.376 e. The summed E-state index contributed by atoms with van der Waals surface area (Å²) in [5.41, 5.74) is 5.73. The molecule has 7 heteroatoms. The van der Waals surface area contributed by atoms with E-state index in [1.165, 1.54) is 0 Å². The van der Waals surface area contributed by atoms with Gasteiger partial charge in [-0.1, -0.05) is 0 Å². The number of aromatic nitrogens is 4. The van der Waals surface area contributed by atoms with E-state index < -0.39 is 0 Å². The first-order valence-corrected chi connectivity index (χ1v) is 4.98. The van der Waals surface area contributed by atoms with E-state index in [-0.39, 0.29) is 12.1 Å². The van der Waals surface area contributed by atoms with Crippen molar-refractivity contribution in [2.75, 3.05) is 19.8 Å². The summed E-state index contributed by atoms with van der Waals surface area (Å²) in [5, 5.41) is 11.3. The highest BCUT2D eigenvalue weighted by Crippen LogP contribution is 2.08. The predicted molar refractivity (Wildman–Crippen MR) is 51.0 cm³/mol. The number of rotatable bonds is 3. The van der Waals surface area contributed by atoms with E-state index in [0.717, 1.165) is 0 Å². The monoisotopic (exact) mass is 213 g/mol. The van der Waals surface area contributed by atoms with Crippen molar-refractivity contribution < 1.29 is 9.47 Å². The van der Waals surface area contributed by atoms with Crippen molar-refractivity contribution >= 4 is 0 Å². The van der Waals surface area contributed by atoms with E-state index in [9.17, 15) is 0 Å². The van der Waals surface area contributed by atoms with Gasteiger partial charge >= 0.3 is 0 Å². The molecule has 0 radical (unpaired) electrons. The number of nitrogens with two attached hydrogens (primary N) is 1. The average Bonchev–Trinajstić information content (AvgIpc) is 2.67. The Labute approximate surface area is 87.5 Å². The summed E-state index contributed by atoms with van der Waals surface area (Å²) in [6.45, 7) is 4.30. The highest BCUT2D eigenvalue weighted by Gasteiger charge is 2.18. The van der Waals surface area contributed by atoms with Crippen molar-refractivity contribution in [1.82, 2.24) is 20.2 Å². The van der Waals surface area contributed by atoms with Gasteiger partial charge in [0.05, 0.1) is 32.4 Å². The first-order valence-electron chi connectivity index (χ1n) is 4.98.